The lowest BCUT2D eigenvalue weighted by molar-refractivity contribution is 0.244. The minimum Gasteiger partial charge on any atom is -0.497 e. The van der Waals surface area contributed by atoms with Gasteiger partial charge in [0.15, 0.2) is 5.82 Å². The molecule has 0 radical (unpaired) electrons. The fourth-order valence-corrected chi connectivity index (χ4v) is 4.01. The number of aromatic nitrogens is 3. The molecule has 0 N–H and O–H groups in total. The Labute approximate surface area is 203 Å². The Morgan fingerprint density at radius 3 is 2.29 bits per heavy atom. The highest BCUT2D eigenvalue weighted by atomic mass is 32.1. The summed E-state index contributed by atoms with van der Waals surface area (Å²) in [5.41, 5.74) is 2.31. The second-order valence-corrected chi connectivity index (χ2v) is 8.22. The number of ether oxygens (including phenoxy) is 2. The van der Waals surface area contributed by atoms with Crippen LogP contribution in [0.5, 0.6) is 11.5 Å². The van der Waals surface area contributed by atoms with Gasteiger partial charge in [0.25, 0.3) is 0 Å². The predicted octanol–water partition coefficient (Wildman–Crippen LogP) is 5.71. The van der Waals surface area contributed by atoms with Crippen molar-refractivity contribution in [2.24, 2.45) is 0 Å². The molecule has 0 spiro atoms. The molecule has 6 nitrogen and oxygen atoms in total. The predicted molar refractivity (Wildman–Crippen MR) is 133 cm³/mol. The molecule has 0 aliphatic carbocycles. The molecular formula is C26H27FN4O2S. The zero-order valence-corrected chi connectivity index (χ0v) is 20.3. The van der Waals surface area contributed by atoms with E-state index in [0.29, 0.717) is 36.1 Å². The van der Waals surface area contributed by atoms with Crippen LogP contribution in [0.15, 0.2) is 72.8 Å². The molecule has 0 aliphatic rings. The molecule has 4 rings (SSSR count). The average molecular weight is 479 g/mol. The van der Waals surface area contributed by atoms with Crippen LogP contribution in [0.25, 0.3) is 17.1 Å². The first-order valence-corrected chi connectivity index (χ1v) is 11.4. The van der Waals surface area contributed by atoms with Crippen molar-refractivity contribution < 1.29 is 13.9 Å². The van der Waals surface area contributed by atoms with Gasteiger partial charge in [-0.2, -0.15) is 0 Å². The number of rotatable bonds is 9. The van der Waals surface area contributed by atoms with Gasteiger partial charge >= 0.3 is 0 Å². The number of hydrogen-bond donors (Lipinski definition) is 0. The summed E-state index contributed by atoms with van der Waals surface area (Å²) in [6, 6.07) is 22.1. The zero-order chi connectivity index (χ0) is 24.1. The highest BCUT2D eigenvalue weighted by Crippen LogP contribution is 2.26. The summed E-state index contributed by atoms with van der Waals surface area (Å²) in [6.07, 6.45) is 0. The average Bonchev–Trinajstić information content (AvgIpc) is 3.16. The van der Waals surface area contributed by atoms with E-state index in [1.807, 2.05) is 62.5 Å². The third-order valence-corrected chi connectivity index (χ3v) is 5.74. The van der Waals surface area contributed by atoms with Gasteiger partial charge in [-0.25, -0.2) is 9.07 Å². The molecule has 0 fully saturated rings. The first-order chi connectivity index (χ1) is 16.5. The van der Waals surface area contributed by atoms with Gasteiger partial charge < -0.3 is 9.47 Å². The Morgan fingerprint density at radius 1 is 0.971 bits per heavy atom. The van der Waals surface area contributed by atoms with Gasteiger partial charge in [-0.1, -0.05) is 24.3 Å². The Kier molecular flexibility index (Phi) is 7.40. The third-order valence-electron chi connectivity index (χ3n) is 5.34. The fraction of sp³-hybridized carbons (Fsp3) is 0.231. The topological polar surface area (TPSA) is 44.4 Å². The molecule has 0 saturated carbocycles. The van der Waals surface area contributed by atoms with Crippen LogP contribution in [0.4, 0.5) is 4.39 Å². The summed E-state index contributed by atoms with van der Waals surface area (Å²) in [4.78, 5) is 2.10. The molecular weight excluding hydrogens is 451 g/mol. The summed E-state index contributed by atoms with van der Waals surface area (Å²) in [7, 11) is 3.64. The van der Waals surface area contributed by atoms with Gasteiger partial charge in [0.1, 0.15) is 17.3 Å². The lowest BCUT2D eigenvalue weighted by Crippen LogP contribution is -2.22. The molecule has 34 heavy (non-hydrogen) atoms. The van der Waals surface area contributed by atoms with E-state index in [1.54, 1.807) is 34.6 Å². The standard InChI is InChI=1S/C26H27FN4O2S/c1-4-33-22-15-11-20(12-16-22)25-28-30(26(34)31(25)24-8-6-5-7-23(24)27)18-29(2)17-19-9-13-21(32-3)14-10-19/h5-16H,4,17-18H2,1-3H3. The monoisotopic (exact) mass is 478 g/mol. The van der Waals surface area contributed by atoms with Crippen LogP contribution < -0.4 is 9.47 Å². The minimum absolute atomic E-state index is 0.362. The molecule has 0 unspecified atom stereocenters. The molecule has 8 heteroatoms. The van der Waals surface area contributed by atoms with E-state index in [-0.39, 0.29) is 5.82 Å². The third kappa shape index (κ3) is 5.18. The highest BCUT2D eigenvalue weighted by molar-refractivity contribution is 7.71. The molecule has 176 valence electrons. The first-order valence-electron chi connectivity index (χ1n) is 11.0. The lowest BCUT2D eigenvalue weighted by Gasteiger charge is -2.16. The molecule has 0 aliphatic heterocycles. The Morgan fingerprint density at radius 2 is 1.65 bits per heavy atom. The molecule has 3 aromatic carbocycles. The van der Waals surface area contributed by atoms with Crippen molar-refractivity contribution in [3.05, 3.63) is 88.9 Å². The van der Waals surface area contributed by atoms with Crippen LogP contribution in [0, 0.1) is 10.6 Å². The van der Waals surface area contributed by atoms with Crippen molar-refractivity contribution in [1.29, 1.82) is 0 Å². The van der Waals surface area contributed by atoms with E-state index in [0.717, 1.165) is 22.6 Å². The molecule has 0 atom stereocenters. The highest BCUT2D eigenvalue weighted by Gasteiger charge is 2.18. The normalized spacial score (nSPS) is 11.1. The smallest absolute Gasteiger partial charge is 0.204 e. The van der Waals surface area contributed by atoms with Crippen LogP contribution >= 0.6 is 12.2 Å². The number of methoxy groups -OCH3 is 1. The quantitative estimate of drug-likeness (QED) is 0.289. The summed E-state index contributed by atoms with van der Waals surface area (Å²) in [5, 5.41) is 4.79. The van der Waals surface area contributed by atoms with Crippen LogP contribution in [-0.4, -0.2) is 40.0 Å². The molecule has 0 bridgehead atoms. The first kappa shape index (κ1) is 23.7. The molecule has 1 heterocycles. The molecule has 1 aromatic heterocycles. The number of nitrogens with zero attached hydrogens (tertiary/aromatic N) is 4. The lowest BCUT2D eigenvalue weighted by atomic mass is 10.2. The fourth-order valence-electron chi connectivity index (χ4n) is 3.73. The number of benzene rings is 3. The largest absolute Gasteiger partial charge is 0.497 e. The van der Waals surface area contributed by atoms with Crippen molar-refractivity contribution >= 4 is 12.2 Å². The van der Waals surface area contributed by atoms with Crippen LogP contribution in [0.2, 0.25) is 0 Å². The summed E-state index contributed by atoms with van der Waals surface area (Å²) < 4.78 is 29.4. The van der Waals surface area contributed by atoms with E-state index in [9.17, 15) is 4.39 Å². The Balaban J connectivity index is 1.68. The van der Waals surface area contributed by atoms with Crippen molar-refractivity contribution in [2.45, 2.75) is 20.1 Å². The van der Waals surface area contributed by atoms with Gasteiger partial charge in [-0.05, 0) is 80.3 Å². The van der Waals surface area contributed by atoms with Crippen LogP contribution in [-0.2, 0) is 13.2 Å². The number of halogens is 1. The van der Waals surface area contributed by atoms with Gasteiger partial charge in [-0.15, -0.1) is 5.10 Å². The van der Waals surface area contributed by atoms with Gasteiger partial charge in [-0.3, -0.25) is 9.47 Å². The van der Waals surface area contributed by atoms with Gasteiger partial charge in [0.2, 0.25) is 4.77 Å². The zero-order valence-electron chi connectivity index (χ0n) is 19.4. The maximum atomic E-state index is 14.8. The maximum absolute atomic E-state index is 14.8. The Bertz CT molecular complexity index is 1300. The van der Waals surface area contributed by atoms with Crippen LogP contribution in [0.1, 0.15) is 12.5 Å². The van der Waals surface area contributed by atoms with Crippen LogP contribution in [0.3, 0.4) is 0 Å². The van der Waals surface area contributed by atoms with E-state index in [2.05, 4.69) is 4.90 Å². The molecule has 0 saturated heterocycles. The van der Waals surface area contributed by atoms with E-state index >= 15 is 0 Å². The molecule has 4 aromatic rings. The minimum atomic E-state index is -0.364. The second kappa shape index (κ2) is 10.6. The van der Waals surface area contributed by atoms with E-state index in [4.69, 9.17) is 26.8 Å². The van der Waals surface area contributed by atoms with Crippen molar-refractivity contribution in [1.82, 2.24) is 19.2 Å². The van der Waals surface area contributed by atoms with Crippen molar-refractivity contribution in [3.63, 3.8) is 0 Å². The van der Waals surface area contributed by atoms with E-state index in [1.165, 1.54) is 6.07 Å². The van der Waals surface area contributed by atoms with E-state index < -0.39 is 0 Å². The van der Waals surface area contributed by atoms with Gasteiger partial charge in [0.05, 0.1) is 26.1 Å². The number of para-hydroxylation sites is 1. The summed E-state index contributed by atoms with van der Waals surface area (Å²) in [6.45, 7) is 3.65. The maximum Gasteiger partial charge on any atom is 0.204 e. The Hall–Kier alpha value is -3.49. The molecule has 0 amide bonds. The van der Waals surface area contributed by atoms with Crippen molar-refractivity contribution in [2.75, 3.05) is 20.8 Å². The van der Waals surface area contributed by atoms with Gasteiger partial charge in [0, 0.05) is 12.1 Å². The summed E-state index contributed by atoms with van der Waals surface area (Å²) in [5.74, 6) is 1.78. The SMILES string of the molecule is CCOc1ccc(-c2nn(CN(C)Cc3ccc(OC)cc3)c(=S)n2-c2ccccc2F)cc1. The second-order valence-electron chi connectivity index (χ2n) is 7.85. The van der Waals surface area contributed by atoms with Crippen molar-refractivity contribution in [3.8, 4) is 28.6 Å². The number of hydrogen-bond acceptors (Lipinski definition) is 5. The summed E-state index contributed by atoms with van der Waals surface area (Å²) >= 11 is 5.77.